The fourth-order valence-electron chi connectivity index (χ4n) is 2.33. The normalized spacial score (nSPS) is 21.0. The second-order valence-corrected chi connectivity index (χ2v) is 6.36. The van der Waals surface area contributed by atoms with Gasteiger partial charge < -0.3 is 10.1 Å². The third-order valence-corrected chi connectivity index (χ3v) is 3.54. The maximum atomic E-state index is 5.39. The Morgan fingerprint density at radius 3 is 2.44 bits per heavy atom. The number of hydrogen-bond acceptors (Lipinski definition) is 2. The van der Waals surface area contributed by atoms with Crippen molar-refractivity contribution in [1.82, 2.24) is 5.32 Å². The number of nitrogens with one attached hydrogen (secondary N) is 1. The SMILES string of the molecule is CC(NCCCC(C)(C)C)C1CCOCC1. The molecule has 1 N–H and O–H groups in total. The summed E-state index contributed by atoms with van der Waals surface area (Å²) in [6, 6.07) is 0.656. The molecule has 1 atom stereocenters. The molecule has 2 heteroatoms. The van der Waals surface area contributed by atoms with Crippen LogP contribution in [-0.4, -0.2) is 25.8 Å². The van der Waals surface area contributed by atoms with Gasteiger partial charge in [-0.3, -0.25) is 0 Å². The molecule has 1 fully saturated rings. The molecule has 1 saturated heterocycles. The average Bonchev–Trinajstić information content (AvgIpc) is 2.24. The Labute approximate surface area is 101 Å². The van der Waals surface area contributed by atoms with Crippen molar-refractivity contribution in [3.8, 4) is 0 Å². The minimum atomic E-state index is 0.476. The van der Waals surface area contributed by atoms with E-state index >= 15 is 0 Å². The molecule has 0 saturated carbocycles. The molecule has 0 aromatic rings. The summed E-state index contributed by atoms with van der Waals surface area (Å²) in [7, 11) is 0. The van der Waals surface area contributed by atoms with Crippen molar-refractivity contribution >= 4 is 0 Å². The molecule has 0 aliphatic carbocycles. The van der Waals surface area contributed by atoms with Gasteiger partial charge in [-0.2, -0.15) is 0 Å². The second-order valence-electron chi connectivity index (χ2n) is 6.36. The van der Waals surface area contributed by atoms with Gasteiger partial charge in [0.25, 0.3) is 0 Å². The molecule has 2 nitrogen and oxygen atoms in total. The van der Waals surface area contributed by atoms with E-state index in [0.29, 0.717) is 11.5 Å². The van der Waals surface area contributed by atoms with Crippen molar-refractivity contribution in [2.45, 2.75) is 59.4 Å². The summed E-state index contributed by atoms with van der Waals surface area (Å²) in [5, 5.41) is 3.67. The minimum absolute atomic E-state index is 0.476. The molecule has 0 radical (unpaired) electrons. The molecule has 1 rings (SSSR count). The van der Waals surface area contributed by atoms with Crippen LogP contribution in [0.4, 0.5) is 0 Å². The quantitative estimate of drug-likeness (QED) is 0.728. The monoisotopic (exact) mass is 227 g/mol. The van der Waals surface area contributed by atoms with Crippen LogP contribution in [-0.2, 0) is 4.74 Å². The number of hydrogen-bond donors (Lipinski definition) is 1. The summed E-state index contributed by atoms with van der Waals surface area (Å²) in [5.74, 6) is 0.823. The van der Waals surface area contributed by atoms with E-state index in [-0.39, 0.29) is 0 Å². The summed E-state index contributed by atoms with van der Waals surface area (Å²) >= 11 is 0. The lowest BCUT2D eigenvalue weighted by atomic mass is 9.90. The third-order valence-electron chi connectivity index (χ3n) is 3.54. The maximum absolute atomic E-state index is 5.39. The van der Waals surface area contributed by atoms with E-state index in [1.165, 1.54) is 25.7 Å². The Kier molecular flexibility index (Phi) is 5.77. The molecule has 0 aromatic carbocycles. The van der Waals surface area contributed by atoms with Crippen LogP contribution in [0.3, 0.4) is 0 Å². The second kappa shape index (κ2) is 6.61. The van der Waals surface area contributed by atoms with Gasteiger partial charge in [0, 0.05) is 19.3 Å². The average molecular weight is 227 g/mol. The highest BCUT2D eigenvalue weighted by molar-refractivity contribution is 4.75. The first-order valence-electron chi connectivity index (χ1n) is 6.80. The predicted molar refractivity (Wildman–Crippen MR) is 69.7 cm³/mol. The molecule has 1 aliphatic heterocycles. The van der Waals surface area contributed by atoms with E-state index in [1.54, 1.807) is 0 Å². The van der Waals surface area contributed by atoms with E-state index in [0.717, 1.165) is 25.7 Å². The molecule has 1 heterocycles. The fraction of sp³-hybridized carbons (Fsp3) is 1.00. The van der Waals surface area contributed by atoms with Gasteiger partial charge >= 0.3 is 0 Å². The lowest BCUT2D eigenvalue weighted by molar-refractivity contribution is 0.0559. The van der Waals surface area contributed by atoms with Gasteiger partial charge in [0.05, 0.1) is 0 Å². The summed E-state index contributed by atoms with van der Waals surface area (Å²) in [6.07, 6.45) is 5.05. The first-order valence-corrected chi connectivity index (χ1v) is 6.80. The lowest BCUT2D eigenvalue weighted by Crippen LogP contribution is -2.37. The molecule has 0 amide bonds. The van der Waals surface area contributed by atoms with Crippen molar-refractivity contribution in [2.75, 3.05) is 19.8 Å². The van der Waals surface area contributed by atoms with Gasteiger partial charge in [-0.1, -0.05) is 20.8 Å². The highest BCUT2D eigenvalue weighted by Gasteiger charge is 2.19. The number of ether oxygens (including phenoxy) is 1. The van der Waals surface area contributed by atoms with Gasteiger partial charge in [0.15, 0.2) is 0 Å². The van der Waals surface area contributed by atoms with Crippen LogP contribution in [0.5, 0.6) is 0 Å². The van der Waals surface area contributed by atoms with Crippen LogP contribution in [0.1, 0.15) is 53.4 Å². The van der Waals surface area contributed by atoms with Crippen LogP contribution in [0.2, 0.25) is 0 Å². The van der Waals surface area contributed by atoms with Crippen molar-refractivity contribution in [3.63, 3.8) is 0 Å². The molecule has 1 unspecified atom stereocenters. The molecule has 0 aromatic heterocycles. The Balaban J connectivity index is 2.07. The Hall–Kier alpha value is -0.0800. The van der Waals surface area contributed by atoms with Gasteiger partial charge in [-0.15, -0.1) is 0 Å². The van der Waals surface area contributed by atoms with Crippen LogP contribution < -0.4 is 5.32 Å². The maximum Gasteiger partial charge on any atom is 0.0469 e. The molecule has 0 spiro atoms. The lowest BCUT2D eigenvalue weighted by Gasteiger charge is -2.29. The van der Waals surface area contributed by atoms with Crippen LogP contribution >= 0.6 is 0 Å². The first-order chi connectivity index (χ1) is 7.49. The zero-order valence-electron chi connectivity index (χ0n) is 11.5. The van der Waals surface area contributed by atoms with E-state index in [9.17, 15) is 0 Å². The topological polar surface area (TPSA) is 21.3 Å². The zero-order valence-corrected chi connectivity index (χ0v) is 11.5. The third kappa shape index (κ3) is 5.86. The number of rotatable bonds is 5. The predicted octanol–water partition coefficient (Wildman–Crippen LogP) is 3.22. The molecular weight excluding hydrogens is 198 g/mol. The summed E-state index contributed by atoms with van der Waals surface area (Å²) in [6.45, 7) is 12.3. The molecule has 1 aliphatic rings. The zero-order chi connectivity index (χ0) is 12.0. The smallest absolute Gasteiger partial charge is 0.0469 e. The first kappa shape index (κ1) is 14.0. The Bertz CT molecular complexity index is 180. The van der Waals surface area contributed by atoms with Gasteiger partial charge in [0.1, 0.15) is 0 Å². The molecule has 16 heavy (non-hydrogen) atoms. The largest absolute Gasteiger partial charge is 0.381 e. The molecular formula is C14H29NO. The van der Waals surface area contributed by atoms with Crippen molar-refractivity contribution in [2.24, 2.45) is 11.3 Å². The van der Waals surface area contributed by atoms with E-state index in [4.69, 9.17) is 4.74 Å². The highest BCUT2D eigenvalue weighted by Crippen LogP contribution is 2.21. The van der Waals surface area contributed by atoms with Crippen molar-refractivity contribution in [1.29, 1.82) is 0 Å². The summed E-state index contributed by atoms with van der Waals surface area (Å²) in [4.78, 5) is 0. The van der Waals surface area contributed by atoms with Crippen LogP contribution in [0.15, 0.2) is 0 Å². The van der Waals surface area contributed by atoms with Crippen LogP contribution in [0, 0.1) is 11.3 Å². The summed E-state index contributed by atoms with van der Waals surface area (Å²) in [5.41, 5.74) is 0.476. The van der Waals surface area contributed by atoms with E-state index in [2.05, 4.69) is 33.0 Å². The van der Waals surface area contributed by atoms with Gasteiger partial charge in [0.2, 0.25) is 0 Å². The standard InChI is InChI=1S/C14H29NO/c1-12(13-6-10-16-11-7-13)15-9-5-8-14(2,3)4/h12-13,15H,5-11H2,1-4H3. The molecule has 96 valence electrons. The van der Waals surface area contributed by atoms with Crippen molar-refractivity contribution < 1.29 is 4.74 Å². The van der Waals surface area contributed by atoms with Gasteiger partial charge in [-0.05, 0) is 50.5 Å². The van der Waals surface area contributed by atoms with Crippen LogP contribution in [0.25, 0.3) is 0 Å². The molecule has 0 bridgehead atoms. The van der Waals surface area contributed by atoms with Crippen molar-refractivity contribution in [3.05, 3.63) is 0 Å². The van der Waals surface area contributed by atoms with Gasteiger partial charge in [-0.25, -0.2) is 0 Å². The Morgan fingerprint density at radius 1 is 1.25 bits per heavy atom. The Morgan fingerprint density at radius 2 is 1.88 bits per heavy atom. The highest BCUT2D eigenvalue weighted by atomic mass is 16.5. The summed E-state index contributed by atoms with van der Waals surface area (Å²) < 4.78 is 5.39. The van der Waals surface area contributed by atoms with E-state index in [1.807, 2.05) is 0 Å². The van der Waals surface area contributed by atoms with E-state index < -0.39 is 0 Å². The fourth-order valence-corrected chi connectivity index (χ4v) is 2.33. The minimum Gasteiger partial charge on any atom is -0.381 e.